The van der Waals surface area contributed by atoms with Gasteiger partial charge in [0, 0.05) is 16.3 Å². The van der Waals surface area contributed by atoms with Gasteiger partial charge in [-0.2, -0.15) is 0 Å². The van der Waals surface area contributed by atoms with Gasteiger partial charge in [-0.1, -0.05) is 35.9 Å². The molecular formula is C21H22ClNO4S. The van der Waals surface area contributed by atoms with E-state index in [2.05, 4.69) is 11.9 Å². The number of allylic oxidation sites excluding steroid dienone is 1. The molecule has 3 rings (SSSR count). The number of hydrogen-bond donors (Lipinski definition) is 2. The predicted molar refractivity (Wildman–Crippen MR) is 113 cm³/mol. The van der Waals surface area contributed by atoms with E-state index in [-0.39, 0.29) is 5.37 Å². The summed E-state index contributed by atoms with van der Waals surface area (Å²) in [5.41, 5.74) is 1.92. The van der Waals surface area contributed by atoms with Crippen molar-refractivity contribution in [2.75, 3.05) is 19.0 Å². The Bertz CT molecular complexity index is 845. The van der Waals surface area contributed by atoms with E-state index >= 15 is 0 Å². The summed E-state index contributed by atoms with van der Waals surface area (Å²) in [6, 6.07) is 12.6. The smallest absolute Gasteiger partial charge is 0.321 e. The lowest BCUT2D eigenvalue weighted by Gasteiger charge is -2.17. The third-order valence-corrected chi connectivity index (χ3v) is 5.75. The lowest BCUT2D eigenvalue weighted by molar-refractivity contribution is -0.138. The Hall–Kier alpha value is -2.15. The molecule has 148 valence electrons. The zero-order chi connectivity index (χ0) is 19.9. The van der Waals surface area contributed by atoms with Gasteiger partial charge in [0.25, 0.3) is 0 Å². The van der Waals surface area contributed by atoms with Gasteiger partial charge in [0.05, 0.1) is 5.37 Å². The van der Waals surface area contributed by atoms with Gasteiger partial charge in [-0.05, 0) is 36.2 Å². The Kier molecular flexibility index (Phi) is 7.25. The molecule has 0 bridgehead atoms. The predicted octanol–water partition coefficient (Wildman–Crippen LogP) is 4.31. The quantitative estimate of drug-likeness (QED) is 0.466. The standard InChI is InChI=1S/C21H22ClNO4S/c1-2-5-14-6-3-4-7-18(14)26-10-11-27-19-9-8-15(22)12-16(19)20-23-17(13-28-20)21(24)25/h2-4,6-9,12,17,20,23H,1,5,10-11,13H2,(H,24,25). The molecule has 2 N–H and O–H groups in total. The van der Waals surface area contributed by atoms with Crippen molar-refractivity contribution < 1.29 is 19.4 Å². The van der Waals surface area contributed by atoms with Crippen LogP contribution in [0.25, 0.3) is 0 Å². The van der Waals surface area contributed by atoms with Crippen LogP contribution >= 0.6 is 23.4 Å². The Balaban J connectivity index is 1.61. The fourth-order valence-corrected chi connectivity index (χ4v) is 4.35. The Morgan fingerprint density at radius 3 is 2.71 bits per heavy atom. The van der Waals surface area contributed by atoms with Crippen LogP contribution in [0.3, 0.4) is 0 Å². The second kappa shape index (κ2) is 9.87. The first kappa shape index (κ1) is 20.6. The summed E-state index contributed by atoms with van der Waals surface area (Å²) < 4.78 is 11.8. The van der Waals surface area contributed by atoms with Gasteiger partial charge in [0.2, 0.25) is 0 Å². The summed E-state index contributed by atoms with van der Waals surface area (Å²) in [4.78, 5) is 11.2. The largest absolute Gasteiger partial charge is 0.490 e. The maximum absolute atomic E-state index is 11.2. The molecule has 7 heteroatoms. The third-order valence-electron chi connectivity index (χ3n) is 4.27. The fourth-order valence-electron chi connectivity index (χ4n) is 2.92. The molecule has 2 aromatic carbocycles. The Morgan fingerprint density at radius 1 is 1.25 bits per heavy atom. The van der Waals surface area contributed by atoms with Crippen LogP contribution in [0.1, 0.15) is 16.5 Å². The molecule has 28 heavy (non-hydrogen) atoms. The molecule has 1 aliphatic rings. The first-order chi connectivity index (χ1) is 13.6. The minimum absolute atomic E-state index is 0.177. The van der Waals surface area contributed by atoms with Crippen molar-refractivity contribution in [1.82, 2.24) is 5.32 Å². The molecule has 0 aliphatic carbocycles. The number of hydrogen-bond acceptors (Lipinski definition) is 5. The molecule has 0 amide bonds. The van der Waals surface area contributed by atoms with Crippen LogP contribution in [0.5, 0.6) is 11.5 Å². The number of carbonyl (C=O) groups is 1. The van der Waals surface area contributed by atoms with Gasteiger partial charge < -0.3 is 14.6 Å². The summed E-state index contributed by atoms with van der Waals surface area (Å²) in [5, 5.41) is 12.7. The first-order valence-corrected chi connectivity index (χ1v) is 10.4. The topological polar surface area (TPSA) is 67.8 Å². The highest BCUT2D eigenvalue weighted by Gasteiger charge is 2.32. The number of benzene rings is 2. The van der Waals surface area contributed by atoms with Crippen LogP contribution in [0, 0.1) is 0 Å². The molecule has 1 saturated heterocycles. The van der Waals surface area contributed by atoms with Crippen LogP contribution in [-0.4, -0.2) is 36.1 Å². The summed E-state index contributed by atoms with van der Waals surface area (Å²) >= 11 is 7.67. The second-order valence-electron chi connectivity index (χ2n) is 6.25. The number of ether oxygens (including phenoxy) is 2. The highest BCUT2D eigenvalue weighted by Crippen LogP contribution is 2.39. The van der Waals surface area contributed by atoms with Crippen molar-refractivity contribution in [3.8, 4) is 11.5 Å². The van der Waals surface area contributed by atoms with Crippen LogP contribution in [-0.2, 0) is 11.2 Å². The monoisotopic (exact) mass is 419 g/mol. The summed E-state index contributed by atoms with van der Waals surface area (Å²) in [7, 11) is 0. The van der Waals surface area contributed by atoms with Crippen molar-refractivity contribution >= 4 is 29.3 Å². The fraction of sp³-hybridized carbons (Fsp3) is 0.286. The average Bonchev–Trinajstić information content (AvgIpc) is 3.18. The minimum Gasteiger partial charge on any atom is -0.490 e. The Morgan fingerprint density at radius 2 is 2.00 bits per heavy atom. The van der Waals surface area contributed by atoms with E-state index in [4.69, 9.17) is 21.1 Å². The third kappa shape index (κ3) is 5.22. The number of nitrogens with one attached hydrogen (secondary N) is 1. The number of aliphatic carboxylic acids is 1. The zero-order valence-electron chi connectivity index (χ0n) is 15.3. The van der Waals surface area contributed by atoms with Crippen molar-refractivity contribution in [3.05, 3.63) is 71.3 Å². The van der Waals surface area contributed by atoms with Gasteiger partial charge in [-0.25, -0.2) is 0 Å². The lowest BCUT2D eigenvalue weighted by atomic mass is 10.1. The molecule has 2 unspecified atom stereocenters. The van der Waals surface area contributed by atoms with E-state index in [0.717, 1.165) is 23.3 Å². The van der Waals surface area contributed by atoms with E-state index in [0.29, 0.717) is 29.7 Å². The second-order valence-corrected chi connectivity index (χ2v) is 7.82. The number of carboxylic acids is 1. The van der Waals surface area contributed by atoms with Crippen molar-refractivity contribution in [3.63, 3.8) is 0 Å². The summed E-state index contributed by atoms with van der Waals surface area (Å²) in [5.74, 6) is 1.13. The maximum Gasteiger partial charge on any atom is 0.321 e. The van der Waals surface area contributed by atoms with Crippen molar-refractivity contribution in [1.29, 1.82) is 0 Å². The van der Waals surface area contributed by atoms with Crippen LogP contribution in [0.2, 0.25) is 5.02 Å². The lowest BCUT2D eigenvalue weighted by Crippen LogP contribution is -2.33. The number of carboxylic acid groups (broad SMARTS) is 1. The number of rotatable bonds is 9. The molecule has 1 fully saturated rings. The number of para-hydroxylation sites is 1. The van der Waals surface area contributed by atoms with Gasteiger partial charge in [-0.15, -0.1) is 18.3 Å². The molecule has 2 atom stereocenters. The van der Waals surface area contributed by atoms with Crippen LogP contribution in [0.4, 0.5) is 0 Å². The number of halogens is 1. The van der Waals surface area contributed by atoms with Gasteiger partial charge in [0.15, 0.2) is 0 Å². The SMILES string of the molecule is C=CCc1ccccc1OCCOc1ccc(Cl)cc1C1NC(C(=O)O)CS1. The maximum atomic E-state index is 11.2. The molecule has 0 radical (unpaired) electrons. The van der Waals surface area contributed by atoms with E-state index < -0.39 is 12.0 Å². The molecular weight excluding hydrogens is 398 g/mol. The van der Waals surface area contributed by atoms with Crippen molar-refractivity contribution in [2.45, 2.75) is 17.8 Å². The zero-order valence-corrected chi connectivity index (χ0v) is 16.8. The Labute approximate surface area is 173 Å². The molecule has 0 spiro atoms. The van der Waals surface area contributed by atoms with E-state index in [1.54, 1.807) is 12.1 Å². The van der Waals surface area contributed by atoms with Gasteiger partial charge >= 0.3 is 5.97 Å². The summed E-state index contributed by atoms with van der Waals surface area (Å²) in [6.07, 6.45) is 2.59. The molecule has 1 heterocycles. The average molecular weight is 420 g/mol. The van der Waals surface area contributed by atoms with E-state index in [9.17, 15) is 9.90 Å². The molecule has 5 nitrogen and oxygen atoms in total. The van der Waals surface area contributed by atoms with E-state index in [1.165, 1.54) is 11.8 Å². The highest BCUT2D eigenvalue weighted by atomic mass is 35.5. The van der Waals surface area contributed by atoms with Crippen LogP contribution in [0.15, 0.2) is 55.1 Å². The number of thioether (sulfide) groups is 1. The molecule has 1 aliphatic heterocycles. The molecule has 0 aromatic heterocycles. The first-order valence-electron chi connectivity index (χ1n) is 8.93. The minimum atomic E-state index is -0.855. The normalized spacial score (nSPS) is 18.6. The molecule has 0 saturated carbocycles. The van der Waals surface area contributed by atoms with E-state index in [1.807, 2.05) is 36.4 Å². The molecule has 2 aromatic rings. The van der Waals surface area contributed by atoms with Crippen LogP contribution < -0.4 is 14.8 Å². The highest BCUT2D eigenvalue weighted by molar-refractivity contribution is 7.99. The summed E-state index contributed by atoms with van der Waals surface area (Å²) in [6.45, 7) is 4.51. The van der Waals surface area contributed by atoms with Crippen molar-refractivity contribution in [2.24, 2.45) is 0 Å². The van der Waals surface area contributed by atoms with Gasteiger partial charge in [0.1, 0.15) is 30.8 Å². The van der Waals surface area contributed by atoms with Gasteiger partial charge in [-0.3, -0.25) is 10.1 Å².